The van der Waals surface area contributed by atoms with Gasteiger partial charge in [-0.3, -0.25) is 14.2 Å². The average molecular weight is 627 g/mol. The molecule has 0 saturated carbocycles. The van der Waals surface area contributed by atoms with Gasteiger partial charge in [-0.25, -0.2) is 19.1 Å². The maximum atomic E-state index is 14.1. The van der Waals surface area contributed by atoms with Crippen LogP contribution in [0.4, 0.5) is 16.0 Å². The highest BCUT2D eigenvalue weighted by molar-refractivity contribution is 7.90. The summed E-state index contributed by atoms with van der Waals surface area (Å²) >= 11 is 6.01. The summed E-state index contributed by atoms with van der Waals surface area (Å²) in [5, 5.41) is 3.06. The van der Waals surface area contributed by atoms with Gasteiger partial charge in [0.25, 0.3) is 15.6 Å². The summed E-state index contributed by atoms with van der Waals surface area (Å²) in [4.78, 5) is 36.6. The van der Waals surface area contributed by atoms with Crippen molar-refractivity contribution in [1.29, 1.82) is 0 Å². The van der Waals surface area contributed by atoms with Gasteiger partial charge in [-0.05, 0) is 60.9 Å². The summed E-state index contributed by atoms with van der Waals surface area (Å²) in [6.07, 6.45) is 0. The van der Waals surface area contributed by atoms with E-state index in [4.69, 9.17) is 21.3 Å². The first kappa shape index (κ1) is 29.0. The van der Waals surface area contributed by atoms with Gasteiger partial charge in [-0.1, -0.05) is 23.7 Å². The van der Waals surface area contributed by atoms with Crippen LogP contribution in [0, 0.1) is 12.7 Å². The van der Waals surface area contributed by atoms with Crippen LogP contribution in [0.5, 0.6) is 0 Å². The van der Waals surface area contributed by atoms with E-state index in [1.165, 1.54) is 24.3 Å². The van der Waals surface area contributed by atoms with Crippen LogP contribution in [0.1, 0.15) is 48.2 Å². The molecule has 6 rings (SSSR count). The minimum Gasteiger partial charge on any atom is -0.377 e. The van der Waals surface area contributed by atoms with Crippen LogP contribution in [0.2, 0.25) is 5.15 Å². The second-order valence-corrected chi connectivity index (χ2v) is 12.8. The fourth-order valence-electron chi connectivity index (χ4n) is 5.51. The third-order valence-corrected chi connectivity index (χ3v) is 9.10. The minimum absolute atomic E-state index is 0.0681. The summed E-state index contributed by atoms with van der Waals surface area (Å²) in [6, 6.07) is 10.5. The third-order valence-electron chi connectivity index (χ3n) is 7.52. The zero-order valence-electron chi connectivity index (χ0n) is 23.5. The lowest BCUT2D eigenvalue weighted by Gasteiger charge is -2.32. The van der Waals surface area contributed by atoms with Crippen LogP contribution in [0.25, 0.3) is 10.9 Å². The van der Waals surface area contributed by atoms with E-state index in [0.717, 1.165) is 23.6 Å². The average Bonchev–Trinajstić information content (AvgIpc) is 3.32. The Bertz CT molecular complexity index is 1960. The third kappa shape index (κ3) is 5.43. The summed E-state index contributed by atoms with van der Waals surface area (Å²) in [5.74, 6) is -0.657. The SMILES string of the molecule is CC(=O)NS(=O)(=O)c1nc(Cl)ccc1N[C@H](C)c1cc(C)cc2c(=O)n(C3COC3)c(N3Cc4ccc(F)cc4C3)nc12. The number of ether oxygens (including phenoxy) is 1. The van der Waals surface area contributed by atoms with Gasteiger partial charge in [0.15, 0.2) is 0 Å². The van der Waals surface area contributed by atoms with Crippen molar-refractivity contribution in [3.05, 3.63) is 86.0 Å². The number of pyridine rings is 1. The van der Waals surface area contributed by atoms with Gasteiger partial charge in [0.1, 0.15) is 11.0 Å². The molecule has 0 spiro atoms. The Kier molecular flexibility index (Phi) is 7.35. The number of nitrogens with one attached hydrogen (secondary N) is 2. The molecule has 0 radical (unpaired) electrons. The molecule has 2 aromatic heterocycles. The number of fused-ring (bicyclic) bond motifs is 2. The number of nitrogens with zero attached hydrogens (tertiary/aromatic N) is 4. The number of aryl methyl sites for hydroxylation is 1. The number of aromatic nitrogens is 3. The number of hydrogen-bond acceptors (Lipinski definition) is 9. The Labute approximate surface area is 251 Å². The summed E-state index contributed by atoms with van der Waals surface area (Å²) in [5.41, 5.74) is 3.56. The smallest absolute Gasteiger partial charge is 0.283 e. The molecule has 224 valence electrons. The molecule has 4 heterocycles. The first-order valence-electron chi connectivity index (χ1n) is 13.5. The van der Waals surface area contributed by atoms with Gasteiger partial charge in [-0.2, -0.15) is 8.42 Å². The summed E-state index contributed by atoms with van der Waals surface area (Å²) in [6.45, 7) is 6.34. The Morgan fingerprint density at radius 1 is 1.12 bits per heavy atom. The molecule has 14 heteroatoms. The van der Waals surface area contributed by atoms with E-state index in [1.807, 2.05) is 22.6 Å². The molecule has 1 atom stereocenters. The minimum atomic E-state index is -4.33. The van der Waals surface area contributed by atoms with Crippen molar-refractivity contribution in [2.24, 2.45) is 0 Å². The number of amides is 1. The number of anilines is 2. The lowest BCUT2D eigenvalue weighted by Crippen LogP contribution is -2.41. The fraction of sp³-hybridized carbons (Fsp3) is 0.310. The van der Waals surface area contributed by atoms with Crippen LogP contribution < -0.4 is 20.5 Å². The van der Waals surface area contributed by atoms with Gasteiger partial charge in [0, 0.05) is 25.6 Å². The van der Waals surface area contributed by atoms with Crippen molar-refractivity contribution in [3.63, 3.8) is 0 Å². The number of sulfonamides is 1. The standard InChI is InChI=1S/C29H28ClFN6O5S/c1-15-8-22(16(2)32-24-6-7-25(30)33-27(24)43(40,41)35-17(3)38)26-23(9-15)28(39)37(21-13-42-14-21)29(34-26)36-11-18-4-5-20(31)10-19(18)12-36/h4-10,16,21,32H,11-14H2,1-3H3,(H,35,38)/t16-/m1/s1. The molecule has 1 saturated heterocycles. The molecule has 2 aromatic carbocycles. The highest BCUT2D eigenvalue weighted by atomic mass is 35.5. The quantitative estimate of drug-likeness (QED) is 0.292. The van der Waals surface area contributed by atoms with Gasteiger partial charge >= 0.3 is 0 Å². The van der Waals surface area contributed by atoms with Gasteiger partial charge < -0.3 is 15.0 Å². The Hall–Kier alpha value is -4.07. The van der Waals surface area contributed by atoms with Crippen LogP contribution in [0.3, 0.4) is 0 Å². The number of rotatable bonds is 7. The largest absolute Gasteiger partial charge is 0.377 e. The van der Waals surface area contributed by atoms with E-state index < -0.39 is 27.0 Å². The Morgan fingerprint density at radius 2 is 1.86 bits per heavy atom. The van der Waals surface area contributed by atoms with Crippen molar-refractivity contribution < 1.29 is 22.3 Å². The van der Waals surface area contributed by atoms with E-state index in [2.05, 4.69) is 10.3 Å². The first-order chi connectivity index (χ1) is 20.4. The van der Waals surface area contributed by atoms with Crippen LogP contribution in [0.15, 0.2) is 52.3 Å². The van der Waals surface area contributed by atoms with E-state index >= 15 is 0 Å². The van der Waals surface area contributed by atoms with Crippen molar-refractivity contribution >= 4 is 50.1 Å². The Balaban J connectivity index is 1.46. The summed E-state index contributed by atoms with van der Waals surface area (Å²) in [7, 11) is -4.33. The maximum absolute atomic E-state index is 14.1. The Morgan fingerprint density at radius 3 is 2.56 bits per heavy atom. The highest BCUT2D eigenvalue weighted by Gasteiger charge is 2.32. The molecule has 4 aromatic rings. The predicted molar refractivity (Wildman–Crippen MR) is 159 cm³/mol. The number of carbonyl (C=O) groups excluding carboxylic acids is 1. The molecule has 43 heavy (non-hydrogen) atoms. The molecule has 2 aliphatic rings. The number of halogens is 2. The van der Waals surface area contributed by atoms with Gasteiger partial charge in [-0.15, -0.1) is 0 Å². The lowest BCUT2D eigenvalue weighted by atomic mass is 10.0. The zero-order chi connectivity index (χ0) is 30.6. The number of carbonyl (C=O) groups is 1. The molecule has 2 N–H and O–H groups in total. The monoisotopic (exact) mass is 626 g/mol. The van der Waals surface area contributed by atoms with Gasteiger partial charge in [0.2, 0.25) is 16.9 Å². The van der Waals surface area contributed by atoms with Crippen LogP contribution >= 0.6 is 11.6 Å². The predicted octanol–water partition coefficient (Wildman–Crippen LogP) is 3.98. The van der Waals surface area contributed by atoms with Crippen molar-refractivity contribution in [2.45, 2.75) is 51.0 Å². The van der Waals surface area contributed by atoms with E-state index in [0.29, 0.717) is 48.7 Å². The van der Waals surface area contributed by atoms with Crippen LogP contribution in [-0.2, 0) is 32.6 Å². The zero-order valence-corrected chi connectivity index (χ0v) is 25.1. The molecule has 2 aliphatic heterocycles. The first-order valence-corrected chi connectivity index (χ1v) is 15.4. The highest BCUT2D eigenvalue weighted by Crippen LogP contribution is 2.34. The normalized spacial score (nSPS) is 15.7. The van der Waals surface area contributed by atoms with E-state index in [-0.39, 0.29) is 28.3 Å². The molecule has 0 aliphatic carbocycles. The second-order valence-electron chi connectivity index (χ2n) is 10.8. The summed E-state index contributed by atoms with van der Waals surface area (Å²) < 4.78 is 48.8. The van der Waals surface area contributed by atoms with Crippen LogP contribution in [-0.4, -0.2) is 42.1 Å². The number of benzene rings is 2. The van der Waals surface area contributed by atoms with Crippen molar-refractivity contribution in [2.75, 3.05) is 23.4 Å². The maximum Gasteiger partial charge on any atom is 0.283 e. The molecule has 11 nitrogen and oxygen atoms in total. The molecule has 1 amide bonds. The molecule has 0 bridgehead atoms. The van der Waals surface area contributed by atoms with Gasteiger partial charge in [0.05, 0.1) is 41.9 Å². The molecule has 1 fully saturated rings. The van der Waals surface area contributed by atoms with E-state index in [9.17, 15) is 22.4 Å². The van der Waals surface area contributed by atoms with E-state index in [1.54, 1.807) is 23.6 Å². The second kappa shape index (κ2) is 10.9. The topological polar surface area (TPSA) is 136 Å². The molecular formula is C29H28ClFN6O5S. The lowest BCUT2D eigenvalue weighted by molar-refractivity contribution is -0.117. The fourth-order valence-corrected chi connectivity index (χ4v) is 6.82. The van der Waals surface area contributed by atoms with Crippen molar-refractivity contribution in [3.8, 4) is 0 Å². The van der Waals surface area contributed by atoms with Crippen molar-refractivity contribution in [1.82, 2.24) is 19.3 Å². The molecule has 0 unspecified atom stereocenters. The molecular weight excluding hydrogens is 599 g/mol. The number of hydrogen-bond donors (Lipinski definition) is 2.